The summed E-state index contributed by atoms with van der Waals surface area (Å²) in [6, 6.07) is 7.72. The Morgan fingerprint density at radius 2 is 1.65 bits per heavy atom. The molecule has 0 saturated heterocycles. The second-order valence-corrected chi connectivity index (χ2v) is 5.46. The van der Waals surface area contributed by atoms with Gasteiger partial charge in [-0.25, -0.2) is 0 Å². The van der Waals surface area contributed by atoms with Gasteiger partial charge in [0.05, 0.1) is 6.10 Å². The highest BCUT2D eigenvalue weighted by Crippen LogP contribution is 2.25. The molecule has 0 aromatic heterocycles. The first-order valence-electron chi connectivity index (χ1n) is 6.03. The van der Waals surface area contributed by atoms with E-state index in [-0.39, 0.29) is 5.41 Å². The first kappa shape index (κ1) is 14.2. The molecule has 96 valence electrons. The zero-order valence-electron chi connectivity index (χ0n) is 10.9. The van der Waals surface area contributed by atoms with E-state index in [1.165, 1.54) is 5.56 Å². The van der Waals surface area contributed by atoms with Crippen molar-refractivity contribution < 1.29 is 10.2 Å². The van der Waals surface area contributed by atoms with Crippen LogP contribution in [0.25, 0.3) is 0 Å². The number of hydrogen-bond acceptors (Lipinski definition) is 3. The predicted molar refractivity (Wildman–Crippen MR) is 69.8 cm³/mol. The summed E-state index contributed by atoms with van der Waals surface area (Å²) in [5.74, 6) is 0. The van der Waals surface area contributed by atoms with Gasteiger partial charge >= 0.3 is 0 Å². The van der Waals surface area contributed by atoms with Crippen LogP contribution in [0.15, 0.2) is 24.3 Å². The summed E-state index contributed by atoms with van der Waals surface area (Å²) in [5, 5.41) is 19.6. The zero-order chi connectivity index (χ0) is 13.1. The van der Waals surface area contributed by atoms with Gasteiger partial charge in [-0.2, -0.15) is 0 Å². The first-order valence-corrected chi connectivity index (χ1v) is 6.03. The van der Waals surface area contributed by atoms with E-state index in [1.807, 2.05) is 24.3 Å². The molecule has 0 aliphatic rings. The van der Waals surface area contributed by atoms with Crippen LogP contribution in [0.3, 0.4) is 0 Å². The van der Waals surface area contributed by atoms with E-state index >= 15 is 0 Å². The van der Waals surface area contributed by atoms with E-state index in [4.69, 9.17) is 5.73 Å². The lowest BCUT2D eigenvalue weighted by molar-refractivity contribution is 0.0150. The number of rotatable bonds is 4. The van der Waals surface area contributed by atoms with Crippen molar-refractivity contribution >= 4 is 0 Å². The van der Waals surface area contributed by atoms with Crippen LogP contribution in [0.2, 0.25) is 0 Å². The van der Waals surface area contributed by atoms with E-state index < -0.39 is 12.2 Å². The van der Waals surface area contributed by atoms with Crippen molar-refractivity contribution in [1.29, 1.82) is 0 Å². The predicted octanol–water partition coefficient (Wildman–Crippen LogP) is 1.73. The number of benzene rings is 1. The molecule has 1 rings (SSSR count). The van der Waals surface area contributed by atoms with Crippen LogP contribution in [-0.4, -0.2) is 22.9 Å². The van der Waals surface area contributed by atoms with Gasteiger partial charge in [-0.3, -0.25) is 0 Å². The fourth-order valence-electron chi connectivity index (χ4n) is 1.73. The fourth-order valence-corrected chi connectivity index (χ4v) is 1.73. The van der Waals surface area contributed by atoms with Gasteiger partial charge in [0.25, 0.3) is 0 Å². The molecule has 0 aliphatic heterocycles. The SMILES string of the molecule is CC(C)(C)c1ccc(C(O)C(O)CCN)cc1. The van der Waals surface area contributed by atoms with Crippen LogP contribution in [0.4, 0.5) is 0 Å². The third-order valence-corrected chi connectivity index (χ3v) is 2.95. The molecule has 0 aliphatic carbocycles. The third kappa shape index (κ3) is 3.80. The van der Waals surface area contributed by atoms with Crippen LogP contribution in [-0.2, 0) is 5.41 Å². The van der Waals surface area contributed by atoms with E-state index in [0.29, 0.717) is 13.0 Å². The molecule has 1 aromatic carbocycles. The highest BCUT2D eigenvalue weighted by molar-refractivity contribution is 5.29. The Balaban J connectivity index is 2.80. The fraction of sp³-hybridized carbons (Fsp3) is 0.571. The van der Waals surface area contributed by atoms with Gasteiger partial charge in [-0.05, 0) is 29.5 Å². The van der Waals surface area contributed by atoms with Gasteiger partial charge in [0, 0.05) is 0 Å². The van der Waals surface area contributed by atoms with Crippen molar-refractivity contribution in [3.8, 4) is 0 Å². The summed E-state index contributed by atoms with van der Waals surface area (Å²) in [7, 11) is 0. The summed E-state index contributed by atoms with van der Waals surface area (Å²) in [5.41, 5.74) is 7.40. The van der Waals surface area contributed by atoms with Crippen molar-refractivity contribution in [2.45, 2.75) is 44.8 Å². The molecule has 0 spiro atoms. The lowest BCUT2D eigenvalue weighted by atomic mass is 9.86. The van der Waals surface area contributed by atoms with E-state index in [9.17, 15) is 10.2 Å². The molecular weight excluding hydrogens is 214 g/mol. The molecule has 4 N–H and O–H groups in total. The Labute approximate surface area is 103 Å². The van der Waals surface area contributed by atoms with Gasteiger partial charge in [0.15, 0.2) is 0 Å². The molecule has 0 heterocycles. The lowest BCUT2D eigenvalue weighted by Gasteiger charge is -2.21. The minimum atomic E-state index is -0.854. The topological polar surface area (TPSA) is 66.5 Å². The van der Waals surface area contributed by atoms with Gasteiger partial charge in [-0.15, -0.1) is 0 Å². The average molecular weight is 237 g/mol. The summed E-state index contributed by atoms with van der Waals surface area (Å²) in [4.78, 5) is 0. The summed E-state index contributed by atoms with van der Waals surface area (Å²) >= 11 is 0. The van der Waals surface area contributed by atoms with E-state index in [0.717, 1.165) is 5.56 Å². The molecule has 3 nitrogen and oxygen atoms in total. The summed E-state index contributed by atoms with van der Waals surface area (Å²) < 4.78 is 0. The van der Waals surface area contributed by atoms with E-state index in [1.54, 1.807) is 0 Å². The molecule has 2 atom stereocenters. The second kappa shape index (κ2) is 5.63. The van der Waals surface area contributed by atoms with Gasteiger partial charge in [0.2, 0.25) is 0 Å². The largest absolute Gasteiger partial charge is 0.390 e. The molecule has 0 saturated carbocycles. The quantitative estimate of drug-likeness (QED) is 0.747. The highest BCUT2D eigenvalue weighted by atomic mass is 16.3. The average Bonchev–Trinajstić information content (AvgIpc) is 2.27. The molecule has 0 amide bonds. The van der Waals surface area contributed by atoms with Gasteiger partial charge < -0.3 is 15.9 Å². The van der Waals surface area contributed by atoms with E-state index in [2.05, 4.69) is 20.8 Å². The maximum atomic E-state index is 9.91. The van der Waals surface area contributed by atoms with Crippen molar-refractivity contribution in [2.24, 2.45) is 5.73 Å². The molecule has 0 radical (unpaired) electrons. The maximum Gasteiger partial charge on any atom is 0.105 e. The normalized spacial score (nSPS) is 15.6. The van der Waals surface area contributed by atoms with Crippen LogP contribution >= 0.6 is 0 Å². The van der Waals surface area contributed by atoms with Crippen molar-refractivity contribution in [3.63, 3.8) is 0 Å². The summed E-state index contributed by atoms with van der Waals surface area (Å²) in [6.45, 7) is 6.80. The van der Waals surface area contributed by atoms with Gasteiger partial charge in [0.1, 0.15) is 6.10 Å². The highest BCUT2D eigenvalue weighted by Gasteiger charge is 2.19. The molecule has 0 fully saturated rings. The lowest BCUT2D eigenvalue weighted by Crippen LogP contribution is -2.22. The number of aliphatic hydroxyl groups excluding tert-OH is 2. The number of hydrogen-bond donors (Lipinski definition) is 3. The van der Waals surface area contributed by atoms with Gasteiger partial charge in [-0.1, -0.05) is 45.0 Å². The Hall–Kier alpha value is -0.900. The monoisotopic (exact) mass is 237 g/mol. The van der Waals surface area contributed by atoms with Crippen LogP contribution < -0.4 is 5.73 Å². The Morgan fingerprint density at radius 3 is 2.06 bits per heavy atom. The van der Waals surface area contributed by atoms with Crippen molar-refractivity contribution in [3.05, 3.63) is 35.4 Å². The van der Waals surface area contributed by atoms with Crippen LogP contribution in [0.5, 0.6) is 0 Å². The maximum absolute atomic E-state index is 9.91. The Morgan fingerprint density at radius 1 is 1.12 bits per heavy atom. The molecular formula is C14H23NO2. The number of nitrogens with two attached hydrogens (primary N) is 1. The van der Waals surface area contributed by atoms with Crippen molar-refractivity contribution in [1.82, 2.24) is 0 Å². The van der Waals surface area contributed by atoms with Crippen LogP contribution in [0.1, 0.15) is 44.4 Å². The smallest absolute Gasteiger partial charge is 0.105 e. The molecule has 0 bridgehead atoms. The molecule has 2 unspecified atom stereocenters. The third-order valence-electron chi connectivity index (χ3n) is 2.95. The first-order chi connectivity index (χ1) is 7.86. The molecule has 17 heavy (non-hydrogen) atoms. The minimum absolute atomic E-state index is 0.0966. The summed E-state index contributed by atoms with van der Waals surface area (Å²) in [6.07, 6.45) is -1.24. The Bertz CT molecular complexity index is 340. The second-order valence-electron chi connectivity index (χ2n) is 5.46. The molecule has 1 aromatic rings. The molecule has 3 heteroatoms. The minimum Gasteiger partial charge on any atom is -0.390 e. The number of aliphatic hydroxyl groups is 2. The standard InChI is InChI=1S/C14H23NO2/c1-14(2,3)11-6-4-10(5-7-11)13(17)12(16)8-9-15/h4-7,12-13,16-17H,8-9,15H2,1-3H3. The van der Waals surface area contributed by atoms with Crippen molar-refractivity contribution in [2.75, 3.05) is 6.54 Å². The zero-order valence-corrected chi connectivity index (χ0v) is 10.9. The van der Waals surface area contributed by atoms with Crippen LogP contribution in [0, 0.1) is 0 Å². The Kier molecular flexibility index (Phi) is 4.69.